The molecule has 40 valence electrons. The molecule has 0 nitrogen and oxygen atoms in total. The van der Waals surface area contributed by atoms with Crippen molar-refractivity contribution in [2.24, 2.45) is 5.92 Å². The normalized spacial score (nSPS) is 25.1. The summed E-state index contributed by atoms with van der Waals surface area (Å²) >= 11 is 0. The molecular formula is C8H8. The Hall–Kier alpha value is -0.960. The van der Waals surface area contributed by atoms with Crippen molar-refractivity contribution in [3.05, 3.63) is 24.3 Å². The number of hydrogen-bond donors (Lipinski definition) is 0. The molecule has 0 fully saturated rings. The minimum atomic E-state index is 0.347. The molecule has 0 saturated heterocycles. The molecule has 0 N–H and O–H groups in total. The standard InChI is InChI=1S/C8H8/c1-2-8-6-4-3-5-7-8/h1,3-6,8H,7H2/t8-/m1/s1. The Labute approximate surface area is 49.9 Å². The molecule has 0 unspecified atom stereocenters. The Kier molecular flexibility index (Phi) is 1.54. The van der Waals surface area contributed by atoms with E-state index in [1.165, 1.54) is 0 Å². The monoisotopic (exact) mass is 104 g/mol. The zero-order valence-corrected chi connectivity index (χ0v) is 4.67. The van der Waals surface area contributed by atoms with Gasteiger partial charge in [-0.3, -0.25) is 0 Å². The fourth-order valence-electron chi connectivity index (χ4n) is 0.704. The maximum Gasteiger partial charge on any atom is 0.0417 e. The van der Waals surface area contributed by atoms with Gasteiger partial charge in [0.25, 0.3) is 0 Å². The van der Waals surface area contributed by atoms with E-state index in [0.29, 0.717) is 5.92 Å². The molecule has 0 heterocycles. The van der Waals surface area contributed by atoms with Gasteiger partial charge in [0.05, 0.1) is 0 Å². The van der Waals surface area contributed by atoms with Crippen LogP contribution >= 0.6 is 0 Å². The van der Waals surface area contributed by atoms with E-state index in [1.807, 2.05) is 18.2 Å². The summed E-state index contributed by atoms with van der Waals surface area (Å²) in [5.41, 5.74) is 0. The molecule has 0 bridgehead atoms. The van der Waals surface area contributed by atoms with Gasteiger partial charge >= 0.3 is 0 Å². The first kappa shape index (κ1) is 5.18. The quantitative estimate of drug-likeness (QED) is 0.411. The topological polar surface area (TPSA) is 0 Å². The third-order valence-electron chi connectivity index (χ3n) is 1.19. The highest BCUT2D eigenvalue weighted by atomic mass is 14.0. The van der Waals surface area contributed by atoms with E-state index < -0.39 is 0 Å². The van der Waals surface area contributed by atoms with E-state index in [0.717, 1.165) is 6.42 Å². The Morgan fingerprint density at radius 2 is 2.38 bits per heavy atom. The molecule has 1 atom stereocenters. The summed E-state index contributed by atoms with van der Waals surface area (Å²) in [6.07, 6.45) is 14.3. The number of allylic oxidation sites excluding steroid dienone is 4. The smallest absolute Gasteiger partial charge is 0.0417 e. The maximum atomic E-state index is 5.17. The second kappa shape index (κ2) is 2.37. The van der Waals surface area contributed by atoms with E-state index in [4.69, 9.17) is 6.42 Å². The third-order valence-corrected chi connectivity index (χ3v) is 1.19. The number of terminal acetylenes is 1. The Bertz CT molecular complexity index is 155. The zero-order chi connectivity index (χ0) is 5.82. The first-order valence-corrected chi connectivity index (χ1v) is 2.73. The van der Waals surface area contributed by atoms with Crippen molar-refractivity contribution in [3.8, 4) is 12.3 Å². The van der Waals surface area contributed by atoms with Gasteiger partial charge in [0.1, 0.15) is 0 Å². The number of rotatable bonds is 0. The molecule has 0 spiro atoms. The van der Waals surface area contributed by atoms with Crippen LogP contribution in [0.15, 0.2) is 24.3 Å². The van der Waals surface area contributed by atoms with Crippen molar-refractivity contribution in [2.75, 3.05) is 0 Å². The third kappa shape index (κ3) is 1.01. The SMILES string of the molecule is C#C[C@@H]1C=CC=CC1. The van der Waals surface area contributed by atoms with Crippen LogP contribution in [0, 0.1) is 18.3 Å². The fraction of sp³-hybridized carbons (Fsp3) is 0.250. The molecule has 1 aliphatic rings. The van der Waals surface area contributed by atoms with Gasteiger partial charge in [-0.2, -0.15) is 0 Å². The first-order valence-electron chi connectivity index (χ1n) is 2.73. The van der Waals surface area contributed by atoms with Crippen LogP contribution in [0.2, 0.25) is 0 Å². The number of hydrogen-bond acceptors (Lipinski definition) is 0. The molecule has 1 rings (SSSR count). The molecular weight excluding hydrogens is 96.1 g/mol. The van der Waals surface area contributed by atoms with Crippen LogP contribution in [-0.4, -0.2) is 0 Å². The summed E-state index contributed by atoms with van der Waals surface area (Å²) in [7, 11) is 0. The first-order chi connectivity index (χ1) is 3.93. The average molecular weight is 104 g/mol. The summed E-state index contributed by atoms with van der Waals surface area (Å²) < 4.78 is 0. The highest BCUT2D eigenvalue weighted by Crippen LogP contribution is 2.08. The van der Waals surface area contributed by atoms with Crippen molar-refractivity contribution < 1.29 is 0 Å². The van der Waals surface area contributed by atoms with Crippen molar-refractivity contribution in [1.29, 1.82) is 0 Å². The van der Waals surface area contributed by atoms with Crippen LogP contribution in [0.3, 0.4) is 0 Å². The average Bonchev–Trinajstić information content (AvgIpc) is 1.90. The van der Waals surface area contributed by atoms with Crippen LogP contribution in [0.1, 0.15) is 6.42 Å². The van der Waals surface area contributed by atoms with Gasteiger partial charge in [-0.25, -0.2) is 0 Å². The van der Waals surface area contributed by atoms with Gasteiger partial charge in [0, 0.05) is 5.92 Å². The summed E-state index contributed by atoms with van der Waals surface area (Å²) in [5.74, 6) is 3.01. The van der Waals surface area contributed by atoms with Crippen molar-refractivity contribution >= 4 is 0 Å². The van der Waals surface area contributed by atoms with Gasteiger partial charge < -0.3 is 0 Å². The van der Waals surface area contributed by atoms with Crippen molar-refractivity contribution in [3.63, 3.8) is 0 Å². The summed E-state index contributed by atoms with van der Waals surface area (Å²) in [6, 6.07) is 0. The molecule has 0 heteroatoms. The van der Waals surface area contributed by atoms with Crippen LogP contribution in [0.4, 0.5) is 0 Å². The lowest BCUT2D eigenvalue weighted by atomic mass is 10.0. The summed E-state index contributed by atoms with van der Waals surface area (Å²) in [5, 5.41) is 0. The largest absolute Gasteiger partial charge is 0.119 e. The minimum Gasteiger partial charge on any atom is -0.119 e. The Morgan fingerprint density at radius 1 is 1.50 bits per heavy atom. The minimum absolute atomic E-state index is 0.347. The van der Waals surface area contributed by atoms with Crippen molar-refractivity contribution in [2.45, 2.75) is 6.42 Å². The lowest BCUT2D eigenvalue weighted by Crippen LogP contribution is -1.90. The summed E-state index contributed by atoms with van der Waals surface area (Å²) in [6.45, 7) is 0. The lowest BCUT2D eigenvalue weighted by Gasteiger charge is -2.01. The van der Waals surface area contributed by atoms with Gasteiger partial charge in [0.15, 0.2) is 0 Å². The molecule has 8 heavy (non-hydrogen) atoms. The van der Waals surface area contributed by atoms with E-state index >= 15 is 0 Å². The summed E-state index contributed by atoms with van der Waals surface area (Å²) in [4.78, 5) is 0. The van der Waals surface area contributed by atoms with Gasteiger partial charge in [-0.05, 0) is 6.42 Å². The molecule has 0 aromatic carbocycles. The van der Waals surface area contributed by atoms with Gasteiger partial charge in [-0.1, -0.05) is 30.2 Å². The predicted molar refractivity (Wildman–Crippen MR) is 35.2 cm³/mol. The molecule has 0 amide bonds. The Morgan fingerprint density at radius 3 is 2.75 bits per heavy atom. The lowest BCUT2D eigenvalue weighted by molar-refractivity contribution is 0.853. The van der Waals surface area contributed by atoms with Crippen LogP contribution < -0.4 is 0 Å². The molecule has 0 aliphatic heterocycles. The zero-order valence-electron chi connectivity index (χ0n) is 4.67. The highest BCUT2D eigenvalue weighted by molar-refractivity contribution is 5.17. The van der Waals surface area contributed by atoms with E-state index in [-0.39, 0.29) is 0 Å². The molecule has 1 aliphatic carbocycles. The van der Waals surface area contributed by atoms with Crippen molar-refractivity contribution in [1.82, 2.24) is 0 Å². The molecule has 0 aromatic rings. The maximum absolute atomic E-state index is 5.17. The van der Waals surface area contributed by atoms with E-state index in [2.05, 4.69) is 12.0 Å². The highest BCUT2D eigenvalue weighted by Gasteiger charge is 1.96. The fourth-order valence-corrected chi connectivity index (χ4v) is 0.704. The van der Waals surface area contributed by atoms with Gasteiger partial charge in [-0.15, -0.1) is 6.42 Å². The van der Waals surface area contributed by atoms with E-state index in [9.17, 15) is 0 Å². The van der Waals surface area contributed by atoms with Gasteiger partial charge in [0.2, 0.25) is 0 Å². The second-order valence-electron chi connectivity index (χ2n) is 1.82. The molecule has 0 aromatic heterocycles. The molecule has 0 saturated carbocycles. The predicted octanol–water partition coefficient (Wildman–Crippen LogP) is 1.75. The Balaban J connectivity index is 2.55. The second-order valence-corrected chi connectivity index (χ2v) is 1.82. The van der Waals surface area contributed by atoms with Crippen LogP contribution in [0.5, 0.6) is 0 Å². The van der Waals surface area contributed by atoms with E-state index in [1.54, 1.807) is 0 Å². The molecule has 0 radical (unpaired) electrons. The van der Waals surface area contributed by atoms with Crippen LogP contribution in [0.25, 0.3) is 0 Å². The van der Waals surface area contributed by atoms with Crippen LogP contribution in [-0.2, 0) is 0 Å².